The van der Waals surface area contributed by atoms with E-state index in [0.717, 1.165) is 68.9 Å². The Balaban J connectivity index is 1.36. The fourth-order valence-corrected chi connectivity index (χ4v) is 3.91. The molecule has 2 saturated heterocycles. The molecule has 1 aromatic heterocycles. The Hall–Kier alpha value is -1.82. The van der Waals surface area contributed by atoms with Crippen LogP contribution in [0.3, 0.4) is 0 Å². The molecule has 0 saturated carbocycles. The van der Waals surface area contributed by atoms with E-state index in [2.05, 4.69) is 14.9 Å². The third-order valence-electron chi connectivity index (χ3n) is 5.46. The quantitative estimate of drug-likeness (QED) is 0.932. The molecule has 132 valence electrons. The topological polar surface area (TPSA) is 58.5 Å². The molecular formula is C20H25N3O2. The van der Waals surface area contributed by atoms with Crippen LogP contribution in [0, 0.1) is 0 Å². The monoisotopic (exact) mass is 339 g/mol. The van der Waals surface area contributed by atoms with Crippen LogP contribution < -0.4 is 0 Å². The van der Waals surface area contributed by atoms with Crippen molar-refractivity contribution >= 4 is 0 Å². The zero-order valence-electron chi connectivity index (χ0n) is 14.5. The van der Waals surface area contributed by atoms with Gasteiger partial charge in [-0.25, -0.2) is 9.97 Å². The molecule has 25 heavy (non-hydrogen) atoms. The Morgan fingerprint density at radius 3 is 2.52 bits per heavy atom. The van der Waals surface area contributed by atoms with E-state index < -0.39 is 0 Å². The van der Waals surface area contributed by atoms with Gasteiger partial charge >= 0.3 is 0 Å². The zero-order valence-corrected chi connectivity index (χ0v) is 14.5. The van der Waals surface area contributed by atoms with Crippen molar-refractivity contribution in [2.75, 3.05) is 19.7 Å². The maximum absolute atomic E-state index is 10.3. The summed E-state index contributed by atoms with van der Waals surface area (Å²) in [5, 5.41) is 10.3. The fourth-order valence-electron chi connectivity index (χ4n) is 3.91. The van der Waals surface area contributed by atoms with Crippen LogP contribution in [0.5, 0.6) is 0 Å². The smallest absolute Gasteiger partial charge is 0.159 e. The minimum Gasteiger partial charge on any atom is -0.390 e. The molecule has 2 aliphatic heterocycles. The van der Waals surface area contributed by atoms with Crippen molar-refractivity contribution in [3.05, 3.63) is 48.3 Å². The summed E-state index contributed by atoms with van der Waals surface area (Å²) in [6.07, 6.45) is 7.18. The van der Waals surface area contributed by atoms with Crippen LogP contribution in [0.2, 0.25) is 0 Å². The van der Waals surface area contributed by atoms with Gasteiger partial charge < -0.3 is 9.84 Å². The summed E-state index contributed by atoms with van der Waals surface area (Å²) in [5.74, 6) is 0.765. The first-order chi connectivity index (χ1) is 12.3. The van der Waals surface area contributed by atoms with Crippen LogP contribution in [0.4, 0.5) is 0 Å². The van der Waals surface area contributed by atoms with Gasteiger partial charge in [0.1, 0.15) is 0 Å². The molecule has 1 spiro atoms. The minimum absolute atomic E-state index is 0.303. The summed E-state index contributed by atoms with van der Waals surface area (Å²) in [6, 6.07) is 10.0. The number of rotatable bonds is 3. The Kier molecular flexibility index (Phi) is 4.79. The molecule has 0 unspecified atom stereocenters. The van der Waals surface area contributed by atoms with Gasteiger partial charge in [0.2, 0.25) is 0 Å². The van der Waals surface area contributed by atoms with E-state index in [-0.39, 0.29) is 11.7 Å². The van der Waals surface area contributed by atoms with Gasteiger partial charge in [0.05, 0.1) is 11.7 Å². The first-order valence-corrected chi connectivity index (χ1v) is 9.16. The predicted octanol–water partition coefficient (Wildman–Crippen LogP) is 2.65. The Bertz CT molecular complexity index is 682. The molecule has 5 heteroatoms. The zero-order chi connectivity index (χ0) is 17.1. The average molecular weight is 339 g/mol. The van der Waals surface area contributed by atoms with Crippen molar-refractivity contribution in [2.45, 2.75) is 43.9 Å². The molecule has 2 fully saturated rings. The standard InChI is InChI=1S/C20H25N3O2/c24-18-7-4-12-25-20(18)8-10-23(11-9-20)15-16-13-21-19(22-14-16)17-5-2-1-3-6-17/h1-3,5-6,13-14,18,24H,4,7-12,15H2/t18-/m0/s1. The molecule has 2 aromatic rings. The molecule has 1 aromatic carbocycles. The lowest BCUT2D eigenvalue weighted by Gasteiger charge is -2.46. The van der Waals surface area contributed by atoms with E-state index in [1.807, 2.05) is 42.7 Å². The number of piperidine rings is 1. The number of ether oxygens (including phenoxy) is 1. The molecule has 3 heterocycles. The first-order valence-electron chi connectivity index (χ1n) is 9.16. The lowest BCUT2D eigenvalue weighted by atomic mass is 9.82. The number of likely N-dealkylation sites (tertiary alicyclic amines) is 1. The summed E-state index contributed by atoms with van der Waals surface area (Å²) >= 11 is 0. The highest BCUT2D eigenvalue weighted by molar-refractivity contribution is 5.53. The molecule has 0 amide bonds. The van der Waals surface area contributed by atoms with Crippen LogP contribution in [0.1, 0.15) is 31.2 Å². The second-order valence-corrected chi connectivity index (χ2v) is 7.13. The van der Waals surface area contributed by atoms with Crippen LogP contribution in [-0.2, 0) is 11.3 Å². The van der Waals surface area contributed by atoms with Crippen molar-refractivity contribution in [1.82, 2.24) is 14.9 Å². The molecule has 2 aliphatic rings. The normalized spacial score (nSPS) is 23.6. The molecule has 5 nitrogen and oxygen atoms in total. The number of aliphatic hydroxyl groups excluding tert-OH is 1. The van der Waals surface area contributed by atoms with Gasteiger partial charge in [-0.15, -0.1) is 0 Å². The van der Waals surface area contributed by atoms with Crippen LogP contribution >= 0.6 is 0 Å². The van der Waals surface area contributed by atoms with Crippen molar-refractivity contribution in [3.8, 4) is 11.4 Å². The van der Waals surface area contributed by atoms with Gasteiger partial charge in [-0.1, -0.05) is 30.3 Å². The lowest BCUT2D eigenvalue weighted by Crippen LogP contribution is -2.55. The Labute approximate surface area is 148 Å². The average Bonchev–Trinajstić information content (AvgIpc) is 2.67. The largest absolute Gasteiger partial charge is 0.390 e. The molecule has 0 radical (unpaired) electrons. The molecule has 0 bridgehead atoms. The van der Waals surface area contributed by atoms with E-state index in [4.69, 9.17) is 4.74 Å². The Morgan fingerprint density at radius 1 is 1.12 bits per heavy atom. The van der Waals surface area contributed by atoms with E-state index in [1.54, 1.807) is 0 Å². The van der Waals surface area contributed by atoms with Crippen molar-refractivity contribution in [3.63, 3.8) is 0 Å². The number of benzene rings is 1. The summed E-state index contributed by atoms with van der Waals surface area (Å²) in [7, 11) is 0. The van der Waals surface area contributed by atoms with Gasteiger partial charge in [0.15, 0.2) is 5.82 Å². The van der Waals surface area contributed by atoms with Gasteiger partial charge in [-0.05, 0) is 25.7 Å². The van der Waals surface area contributed by atoms with Crippen molar-refractivity contribution in [2.24, 2.45) is 0 Å². The number of aromatic nitrogens is 2. The predicted molar refractivity (Wildman–Crippen MR) is 95.9 cm³/mol. The van der Waals surface area contributed by atoms with E-state index in [0.29, 0.717) is 0 Å². The number of aliphatic hydroxyl groups is 1. The van der Waals surface area contributed by atoms with Gasteiger partial charge in [-0.2, -0.15) is 0 Å². The maximum atomic E-state index is 10.3. The summed E-state index contributed by atoms with van der Waals surface area (Å²) in [4.78, 5) is 11.4. The molecular weight excluding hydrogens is 314 g/mol. The summed E-state index contributed by atoms with van der Waals surface area (Å²) in [5.41, 5.74) is 1.86. The third-order valence-corrected chi connectivity index (χ3v) is 5.46. The van der Waals surface area contributed by atoms with Gasteiger partial charge in [0.25, 0.3) is 0 Å². The summed E-state index contributed by atoms with van der Waals surface area (Å²) < 4.78 is 5.98. The number of hydrogen-bond donors (Lipinski definition) is 1. The third kappa shape index (κ3) is 3.59. The van der Waals surface area contributed by atoms with Gasteiger partial charge in [0, 0.05) is 49.8 Å². The highest BCUT2D eigenvalue weighted by Gasteiger charge is 2.43. The molecule has 1 atom stereocenters. The highest BCUT2D eigenvalue weighted by Crippen LogP contribution is 2.35. The SMILES string of the molecule is O[C@H]1CCCOC12CCN(Cc1cnc(-c3ccccc3)nc1)CC2. The minimum atomic E-state index is -0.308. The second kappa shape index (κ2) is 7.20. The number of hydrogen-bond acceptors (Lipinski definition) is 5. The fraction of sp³-hybridized carbons (Fsp3) is 0.500. The van der Waals surface area contributed by atoms with Gasteiger partial charge in [-0.3, -0.25) is 4.90 Å². The second-order valence-electron chi connectivity index (χ2n) is 7.13. The van der Waals surface area contributed by atoms with E-state index in [1.165, 1.54) is 0 Å². The highest BCUT2D eigenvalue weighted by atomic mass is 16.5. The molecule has 0 aliphatic carbocycles. The van der Waals surface area contributed by atoms with Crippen molar-refractivity contribution in [1.29, 1.82) is 0 Å². The van der Waals surface area contributed by atoms with Crippen molar-refractivity contribution < 1.29 is 9.84 Å². The molecule has 1 N–H and O–H groups in total. The Morgan fingerprint density at radius 2 is 1.84 bits per heavy atom. The van der Waals surface area contributed by atoms with Crippen LogP contribution in [-0.4, -0.2) is 51.4 Å². The summed E-state index contributed by atoms with van der Waals surface area (Å²) in [6.45, 7) is 3.52. The molecule has 4 rings (SSSR count). The lowest BCUT2D eigenvalue weighted by molar-refractivity contribution is -0.177. The van der Waals surface area contributed by atoms with E-state index in [9.17, 15) is 5.11 Å². The first kappa shape index (κ1) is 16.6. The number of nitrogens with zero attached hydrogens (tertiary/aromatic N) is 3. The maximum Gasteiger partial charge on any atom is 0.159 e. The van der Waals surface area contributed by atoms with Crippen LogP contribution in [0.25, 0.3) is 11.4 Å². The van der Waals surface area contributed by atoms with Crippen LogP contribution in [0.15, 0.2) is 42.7 Å². The van der Waals surface area contributed by atoms with E-state index >= 15 is 0 Å².